The number of hydrogen-bond acceptors (Lipinski definition) is 6. The molecule has 1 saturated heterocycles. The van der Waals surface area contributed by atoms with Crippen molar-refractivity contribution in [2.45, 2.75) is 46.1 Å². The summed E-state index contributed by atoms with van der Waals surface area (Å²) in [6, 6.07) is 3.92. The SMILES string of the molecule is CCc1nc2sc(C(c3ccc(C)o3)N3CCCC(C)C3)c(O)n2n1. The van der Waals surface area contributed by atoms with Gasteiger partial charge in [0.25, 0.3) is 0 Å². The van der Waals surface area contributed by atoms with Gasteiger partial charge in [-0.2, -0.15) is 4.52 Å². The average molecular weight is 360 g/mol. The molecule has 2 atom stereocenters. The molecule has 0 spiro atoms. The quantitative estimate of drug-likeness (QED) is 0.767. The van der Waals surface area contributed by atoms with Gasteiger partial charge in [-0.1, -0.05) is 25.2 Å². The summed E-state index contributed by atoms with van der Waals surface area (Å²) in [6.45, 7) is 8.25. The molecule has 134 valence electrons. The molecule has 1 aliphatic rings. The van der Waals surface area contributed by atoms with Crippen LogP contribution in [0, 0.1) is 12.8 Å². The van der Waals surface area contributed by atoms with E-state index in [1.807, 2.05) is 26.0 Å². The van der Waals surface area contributed by atoms with Crippen molar-refractivity contribution in [3.8, 4) is 5.88 Å². The summed E-state index contributed by atoms with van der Waals surface area (Å²) in [5.41, 5.74) is 0. The molecule has 0 bridgehead atoms. The average Bonchev–Trinajstić information content (AvgIpc) is 3.26. The van der Waals surface area contributed by atoms with E-state index < -0.39 is 0 Å². The fourth-order valence-corrected chi connectivity index (χ4v) is 4.77. The minimum absolute atomic E-state index is 0.0879. The van der Waals surface area contributed by atoms with E-state index in [-0.39, 0.29) is 11.9 Å². The first-order valence-electron chi connectivity index (χ1n) is 8.94. The number of aryl methyl sites for hydroxylation is 2. The van der Waals surface area contributed by atoms with E-state index in [2.05, 4.69) is 21.9 Å². The lowest BCUT2D eigenvalue weighted by Crippen LogP contribution is -2.37. The third-order valence-corrected chi connectivity index (χ3v) is 5.96. The van der Waals surface area contributed by atoms with E-state index in [1.165, 1.54) is 24.2 Å². The zero-order valence-corrected chi connectivity index (χ0v) is 15.7. The van der Waals surface area contributed by atoms with Crippen LogP contribution >= 0.6 is 11.3 Å². The maximum atomic E-state index is 10.8. The lowest BCUT2D eigenvalue weighted by Gasteiger charge is -2.35. The van der Waals surface area contributed by atoms with Gasteiger partial charge in [0.05, 0.1) is 4.88 Å². The van der Waals surface area contributed by atoms with Gasteiger partial charge in [-0.3, -0.25) is 4.90 Å². The van der Waals surface area contributed by atoms with Crippen LogP contribution in [0.3, 0.4) is 0 Å². The molecule has 0 aliphatic carbocycles. The van der Waals surface area contributed by atoms with Gasteiger partial charge < -0.3 is 9.52 Å². The first-order valence-corrected chi connectivity index (χ1v) is 9.76. The molecule has 2 unspecified atom stereocenters. The van der Waals surface area contributed by atoms with E-state index in [4.69, 9.17) is 4.42 Å². The standard InChI is InChI=1S/C18H24N4O2S/c1-4-14-19-18-22(20-14)17(23)16(25-18)15(13-8-7-12(3)24-13)21-9-5-6-11(2)10-21/h7-8,11,15,23H,4-6,9-10H2,1-3H3. The van der Waals surface area contributed by atoms with Gasteiger partial charge in [-0.15, -0.1) is 5.10 Å². The Morgan fingerprint density at radius 3 is 2.92 bits per heavy atom. The number of aromatic hydroxyl groups is 1. The first kappa shape index (κ1) is 16.6. The Bertz CT molecular complexity index is 881. The minimum Gasteiger partial charge on any atom is -0.492 e. The fraction of sp³-hybridized carbons (Fsp3) is 0.556. The maximum Gasteiger partial charge on any atom is 0.230 e. The molecule has 4 heterocycles. The van der Waals surface area contributed by atoms with Crippen LogP contribution in [0.5, 0.6) is 5.88 Å². The highest BCUT2D eigenvalue weighted by atomic mass is 32.1. The number of piperidine rings is 1. The molecule has 0 amide bonds. The summed E-state index contributed by atoms with van der Waals surface area (Å²) in [4.78, 5) is 8.53. The summed E-state index contributed by atoms with van der Waals surface area (Å²) >= 11 is 1.50. The molecular formula is C18H24N4O2S. The Hall–Kier alpha value is -1.86. The lowest BCUT2D eigenvalue weighted by atomic mass is 9.97. The number of aromatic nitrogens is 3. The van der Waals surface area contributed by atoms with Crippen molar-refractivity contribution in [2.24, 2.45) is 5.92 Å². The minimum atomic E-state index is -0.0879. The Morgan fingerprint density at radius 2 is 2.28 bits per heavy atom. The van der Waals surface area contributed by atoms with Crippen LogP contribution in [0.25, 0.3) is 4.96 Å². The second-order valence-corrected chi connectivity index (χ2v) is 7.97. The number of rotatable bonds is 4. The molecule has 7 heteroatoms. The van der Waals surface area contributed by atoms with E-state index >= 15 is 0 Å². The largest absolute Gasteiger partial charge is 0.492 e. The van der Waals surface area contributed by atoms with Crippen LogP contribution in [0.15, 0.2) is 16.5 Å². The van der Waals surface area contributed by atoms with Gasteiger partial charge in [-0.05, 0) is 44.4 Å². The van der Waals surface area contributed by atoms with Gasteiger partial charge >= 0.3 is 0 Å². The van der Waals surface area contributed by atoms with Crippen LogP contribution in [0.4, 0.5) is 0 Å². The monoisotopic (exact) mass is 360 g/mol. The van der Waals surface area contributed by atoms with E-state index in [0.717, 1.165) is 46.7 Å². The van der Waals surface area contributed by atoms with Gasteiger partial charge in [-0.25, -0.2) is 4.98 Å². The molecule has 0 radical (unpaired) electrons. The zero-order chi connectivity index (χ0) is 17.6. The molecule has 1 N–H and O–H groups in total. The van der Waals surface area contributed by atoms with Crippen molar-refractivity contribution in [2.75, 3.05) is 13.1 Å². The van der Waals surface area contributed by atoms with Crippen LogP contribution < -0.4 is 0 Å². The molecule has 0 saturated carbocycles. The predicted molar refractivity (Wildman–Crippen MR) is 97.2 cm³/mol. The van der Waals surface area contributed by atoms with Crippen LogP contribution in [-0.2, 0) is 6.42 Å². The molecular weight excluding hydrogens is 336 g/mol. The number of hydrogen-bond donors (Lipinski definition) is 1. The normalized spacial score (nSPS) is 20.4. The summed E-state index contributed by atoms with van der Waals surface area (Å²) in [5, 5.41) is 15.2. The van der Waals surface area contributed by atoms with Gasteiger partial charge in [0, 0.05) is 13.0 Å². The molecule has 3 aromatic rings. The smallest absolute Gasteiger partial charge is 0.230 e. The third kappa shape index (κ3) is 2.95. The molecule has 6 nitrogen and oxygen atoms in total. The zero-order valence-electron chi connectivity index (χ0n) is 14.9. The van der Waals surface area contributed by atoms with E-state index in [9.17, 15) is 5.11 Å². The molecule has 25 heavy (non-hydrogen) atoms. The summed E-state index contributed by atoms with van der Waals surface area (Å²) in [6.07, 6.45) is 3.17. The highest BCUT2D eigenvalue weighted by Crippen LogP contribution is 2.41. The number of fused-ring (bicyclic) bond motifs is 1. The predicted octanol–water partition coefficient (Wildman–Crippen LogP) is 3.78. The second kappa shape index (κ2) is 6.46. The molecule has 1 fully saturated rings. The Morgan fingerprint density at radius 1 is 1.44 bits per heavy atom. The van der Waals surface area contributed by atoms with Crippen LogP contribution in [0.2, 0.25) is 0 Å². The van der Waals surface area contributed by atoms with Crippen molar-refractivity contribution < 1.29 is 9.52 Å². The van der Waals surface area contributed by atoms with E-state index in [1.54, 1.807) is 4.52 Å². The number of nitrogens with zero attached hydrogens (tertiary/aromatic N) is 4. The van der Waals surface area contributed by atoms with Gasteiger partial charge in [0.1, 0.15) is 17.6 Å². The number of furan rings is 1. The maximum absolute atomic E-state index is 10.8. The molecule has 0 aromatic carbocycles. The van der Waals surface area contributed by atoms with Crippen molar-refractivity contribution in [1.29, 1.82) is 0 Å². The lowest BCUT2D eigenvalue weighted by molar-refractivity contribution is 0.135. The van der Waals surface area contributed by atoms with E-state index in [0.29, 0.717) is 5.92 Å². The summed E-state index contributed by atoms with van der Waals surface area (Å²) in [5.74, 6) is 3.34. The van der Waals surface area contributed by atoms with Crippen LogP contribution in [-0.4, -0.2) is 37.7 Å². The Labute approximate surface area is 151 Å². The highest BCUT2D eigenvalue weighted by Gasteiger charge is 2.33. The second-order valence-electron chi connectivity index (χ2n) is 6.96. The first-order chi connectivity index (χ1) is 12.1. The van der Waals surface area contributed by atoms with Crippen LogP contribution in [0.1, 0.15) is 55.0 Å². The van der Waals surface area contributed by atoms with Crippen molar-refractivity contribution in [3.63, 3.8) is 0 Å². The number of likely N-dealkylation sites (tertiary alicyclic amines) is 1. The topological polar surface area (TPSA) is 66.8 Å². The number of thiazole rings is 1. The summed E-state index contributed by atoms with van der Waals surface area (Å²) < 4.78 is 7.53. The Kier molecular flexibility index (Phi) is 4.29. The highest BCUT2D eigenvalue weighted by molar-refractivity contribution is 7.17. The molecule has 1 aliphatic heterocycles. The van der Waals surface area contributed by atoms with Crippen molar-refractivity contribution in [1.82, 2.24) is 19.5 Å². The van der Waals surface area contributed by atoms with Gasteiger partial charge in [0.15, 0.2) is 5.82 Å². The fourth-order valence-electron chi connectivity index (χ4n) is 3.65. The van der Waals surface area contributed by atoms with Crippen molar-refractivity contribution >= 4 is 16.3 Å². The molecule has 4 rings (SSSR count). The molecule has 3 aromatic heterocycles. The Balaban J connectivity index is 1.80. The van der Waals surface area contributed by atoms with Crippen molar-refractivity contribution in [3.05, 3.63) is 34.4 Å². The van der Waals surface area contributed by atoms with Gasteiger partial charge in [0.2, 0.25) is 10.8 Å². The third-order valence-electron chi connectivity index (χ3n) is 4.89. The summed E-state index contributed by atoms with van der Waals surface area (Å²) in [7, 11) is 0.